The fourth-order valence-electron chi connectivity index (χ4n) is 2.29. The zero-order valence-corrected chi connectivity index (χ0v) is 10.9. The molecular formula is C13H15FN2O3. The van der Waals surface area contributed by atoms with Gasteiger partial charge in [0, 0.05) is 31.0 Å². The van der Waals surface area contributed by atoms with Gasteiger partial charge in [0.2, 0.25) is 0 Å². The highest BCUT2D eigenvalue weighted by molar-refractivity contribution is 5.86. The zero-order valence-electron chi connectivity index (χ0n) is 10.9. The number of nitro groups is 1. The molecule has 0 saturated carbocycles. The van der Waals surface area contributed by atoms with Crippen molar-refractivity contribution in [3.63, 3.8) is 0 Å². The second kappa shape index (κ2) is 4.60. The van der Waals surface area contributed by atoms with Crippen molar-refractivity contribution in [3.8, 4) is 0 Å². The van der Waals surface area contributed by atoms with Gasteiger partial charge in [-0.1, -0.05) is 13.8 Å². The van der Waals surface area contributed by atoms with Gasteiger partial charge in [-0.2, -0.15) is 0 Å². The summed E-state index contributed by atoms with van der Waals surface area (Å²) in [5, 5.41) is 10.6. The zero-order chi connectivity index (χ0) is 14.2. The van der Waals surface area contributed by atoms with Crippen LogP contribution in [0.15, 0.2) is 18.2 Å². The third-order valence-electron chi connectivity index (χ3n) is 3.43. The minimum atomic E-state index is -0.628. The van der Waals surface area contributed by atoms with Crippen LogP contribution < -0.4 is 4.90 Å². The topological polar surface area (TPSA) is 63.4 Å². The number of rotatable bonds is 2. The van der Waals surface area contributed by atoms with E-state index in [0.717, 1.165) is 6.07 Å². The summed E-state index contributed by atoms with van der Waals surface area (Å²) < 4.78 is 13.9. The maximum atomic E-state index is 13.9. The molecule has 5 nitrogen and oxygen atoms in total. The van der Waals surface area contributed by atoms with Crippen molar-refractivity contribution in [2.75, 3.05) is 18.0 Å². The van der Waals surface area contributed by atoms with Crippen LogP contribution in [0.3, 0.4) is 0 Å². The van der Waals surface area contributed by atoms with Crippen LogP contribution in [0.1, 0.15) is 20.3 Å². The monoisotopic (exact) mass is 266 g/mol. The van der Waals surface area contributed by atoms with Crippen molar-refractivity contribution in [3.05, 3.63) is 34.1 Å². The van der Waals surface area contributed by atoms with Crippen LogP contribution in [0.5, 0.6) is 0 Å². The molecule has 6 heteroatoms. The van der Waals surface area contributed by atoms with E-state index in [2.05, 4.69) is 0 Å². The summed E-state index contributed by atoms with van der Waals surface area (Å²) in [6.07, 6.45) is 0.365. The Balaban J connectivity index is 2.28. The Morgan fingerprint density at radius 3 is 2.63 bits per heavy atom. The second-order valence-corrected chi connectivity index (χ2v) is 5.37. The van der Waals surface area contributed by atoms with E-state index in [1.807, 2.05) is 13.8 Å². The fraction of sp³-hybridized carbons (Fsp3) is 0.462. The molecule has 2 rings (SSSR count). The van der Waals surface area contributed by atoms with Gasteiger partial charge in [0.05, 0.1) is 16.7 Å². The molecule has 1 heterocycles. The quantitative estimate of drug-likeness (QED) is 0.609. The van der Waals surface area contributed by atoms with E-state index in [-0.39, 0.29) is 11.5 Å². The third kappa shape index (κ3) is 2.57. The maximum Gasteiger partial charge on any atom is 0.272 e. The Morgan fingerprint density at radius 2 is 2.11 bits per heavy atom. The molecule has 1 aromatic rings. The summed E-state index contributed by atoms with van der Waals surface area (Å²) >= 11 is 0. The molecule has 1 aliphatic rings. The highest BCUT2D eigenvalue weighted by Crippen LogP contribution is 2.31. The van der Waals surface area contributed by atoms with Gasteiger partial charge < -0.3 is 4.90 Å². The Hall–Kier alpha value is -1.98. The van der Waals surface area contributed by atoms with Crippen LogP contribution in [0, 0.1) is 21.3 Å². The molecule has 1 saturated heterocycles. The lowest BCUT2D eigenvalue weighted by Crippen LogP contribution is -2.46. The van der Waals surface area contributed by atoms with E-state index in [9.17, 15) is 19.3 Å². The van der Waals surface area contributed by atoms with Gasteiger partial charge in [-0.3, -0.25) is 14.9 Å². The molecule has 0 aromatic heterocycles. The van der Waals surface area contributed by atoms with Crippen LogP contribution in [0.4, 0.5) is 15.8 Å². The molecule has 0 unspecified atom stereocenters. The number of hydrogen-bond donors (Lipinski definition) is 0. The highest BCUT2D eigenvalue weighted by Gasteiger charge is 2.35. The summed E-state index contributed by atoms with van der Waals surface area (Å²) in [7, 11) is 0. The molecule has 0 spiro atoms. The smallest absolute Gasteiger partial charge is 0.272 e. The SMILES string of the molecule is CC1(C)CN(c2ccc([N+](=O)[O-])cc2F)CCC1=O. The van der Waals surface area contributed by atoms with E-state index < -0.39 is 16.2 Å². The highest BCUT2D eigenvalue weighted by atomic mass is 19.1. The van der Waals surface area contributed by atoms with Crippen molar-refractivity contribution < 1.29 is 14.1 Å². The number of piperidine rings is 1. The Bertz CT molecular complexity index is 543. The largest absolute Gasteiger partial charge is 0.368 e. The fourth-order valence-corrected chi connectivity index (χ4v) is 2.29. The molecule has 0 radical (unpaired) electrons. The predicted molar refractivity (Wildman–Crippen MR) is 68.7 cm³/mol. The molecule has 1 aromatic carbocycles. The van der Waals surface area contributed by atoms with Crippen molar-refractivity contribution in [1.29, 1.82) is 0 Å². The average Bonchev–Trinajstić information content (AvgIpc) is 2.32. The van der Waals surface area contributed by atoms with Crippen molar-refractivity contribution in [2.45, 2.75) is 20.3 Å². The Morgan fingerprint density at radius 1 is 1.42 bits per heavy atom. The number of halogens is 1. The number of anilines is 1. The Labute approximate surface area is 110 Å². The molecule has 1 fully saturated rings. The van der Waals surface area contributed by atoms with Gasteiger partial charge in [0.15, 0.2) is 5.82 Å². The van der Waals surface area contributed by atoms with E-state index >= 15 is 0 Å². The first-order valence-electron chi connectivity index (χ1n) is 6.03. The van der Waals surface area contributed by atoms with Gasteiger partial charge in [-0.05, 0) is 6.07 Å². The first-order valence-corrected chi connectivity index (χ1v) is 6.03. The first-order chi connectivity index (χ1) is 8.81. The molecule has 0 amide bonds. The standard InChI is InChI=1S/C13H15FN2O3/c1-13(2)8-15(6-5-12(13)17)11-4-3-9(16(18)19)7-10(11)14/h3-4,7H,5-6,8H2,1-2H3. The lowest BCUT2D eigenvalue weighted by Gasteiger charge is -2.38. The summed E-state index contributed by atoms with van der Waals surface area (Å²) in [5.41, 5.74) is -0.480. The molecule has 0 N–H and O–H groups in total. The normalized spacial score (nSPS) is 18.5. The van der Waals surface area contributed by atoms with Crippen molar-refractivity contribution in [2.24, 2.45) is 5.41 Å². The van der Waals surface area contributed by atoms with E-state index in [4.69, 9.17) is 0 Å². The Kier molecular flexibility index (Phi) is 3.26. The number of Topliss-reactive ketones (excluding diaryl/α,β-unsaturated/α-hetero) is 1. The van der Waals surface area contributed by atoms with Gasteiger partial charge >= 0.3 is 0 Å². The molecule has 19 heavy (non-hydrogen) atoms. The number of carbonyl (C=O) groups is 1. The minimum Gasteiger partial charge on any atom is -0.368 e. The lowest BCUT2D eigenvalue weighted by atomic mass is 9.82. The van der Waals surface area contributed by atoms with Crippen molar-refractivity contribution in [1.82, 2.24) is 0 Å². The molecule has 0 aliphatic carbocycles. The molecule has 1 aliphatic heterocycles. The van der Waals surface area contributed by atoms with E-state index in [1.54, 1.807) is 4.90 Å². The van der Waals surface area contributed by atoms with Gasteiger partial charge in [0.1, 0.15) is 5.78 Å². The number of carbonyl (C=O) groups excluding carboxylic acids is 1. The average molecular weight is 266 g/mol. The molecule has 0 atom stereocenters. The number of nitrogens with zero attached hydrogens (tertiary/aromatic N) is 2. The number of nitro benzene ring substituents is 1. The van der Waals surface area contributed by atoms with Gasteiger partial charge in [-0.25, -0.2) is 4.39 Å². The molecular weight excluding hydrogens is 251 g/mol. The lowest BCUT2D eigenvalue weighted by molar-refractivity contribution is -0.385. The summed E-state index contributed by atoms with van der Waals surface area (Å²) in [5.74, 6) is -0.467. The van der Waals surface area contributed by atoms with Crippen LogP contribution >= 0.6 is 0 Å². The van der Waals surface area contributed by atoms with E-state index in [0.29, 0.717) is 25.2 Å². The number of hydrogen-bond acceptors (Lipinski definition) is 4. The minimum absolute atomic E-state index is 0.158. The van der Waals surface area contributed by atoms with Gasteiger partial charge in [0.25, 0.3) is 5.69 Å². The summed E-state index contributed by atoms with van der Waals surface area (Å²) in [4.78, 5) is 23.4. The maximum absolute atomic E-state index is 13.9. The van der Waals surface area contributed by atoms with Crippen molar-refractivity contribution >= 4 is 17.2 Å². The van der Waals surface area contributed by atoms with Crippen LogP contribution in [0.2, 0.25) is 0 Å². The first kappa shape index (κ1) is 13.5. The number of benzene rings is 1. The van der Waals surface area contributed by atoms with Gasteiger partial charge in [-0.15, -0.1) is 0 Å². The van der Waals surface area contributed by atoms with Crippen LogP contribution in [-0.4, -0.2) is 23.8 Å². The van der Waals surface area contributed by atoms with E-state index in [1.165, 1.54) is 12.1 Å². The predicted octanol–water partition coefficient (Wildman–Crippen LogP) is 2.54. The molecule has 0 bridgehead atoms. The third-order valence-corrected chi connectivity index (χ3v) is 3.43. The van der Waals surface area contributed by atoms with Crippen LogP contribution in [0.25, 0.3) is 0 Å². The number of non-ortho nitro benzene ring substituents is 1. The molecule has 102 valence electrons. The second-order valence-electron chi connectivity index (χ2n) is 5.37. The summed E-state index contributed by atoms with van der Waals surface area (Å²) in [6, 6.07) is 3.60. The van der Waals surface area contributed by atoms with Crippen LogP contribution in [-0.2, 0) is 4.79 Å². The number of ketones is 1. The summed E-state index contributed by atoms with van der Waals surface area (Å²) in [6.45, 7) is 4.51.